The Morgan fingerprint density at radius 3 is 2.54 bits per heavy atom. The van der Waals surface area contributed by atoms with Crippen molar-refractivity contribution in [3.8, 4) is 5.75 Å². The molecule has 0 fully saturated rings. The first kappa shape index (κ1) is 20.9. The zero-order valence-electron chi connectivity index (χ0n) is 15.7. The largest absolute Gasteiger partial charge is 0.487 e. The zero-order valence-corrected chi connectivity index (χ0v) is 15.7. The van der Waals surface area contributed by atoms with Crippen LogP contribution in [0.1, 0.15) is 29.8 Å². The first-order valence-electron chi connectivity index (χ1n) is 8.86. The van der Waals surface area contributed by atoms with Crippen LogP contribution in [0.4, 0.5) is 5.69 Å². The Balaban J connectivity index is 1.92. The van der Waals surface area contributed by atoms with E-state index in [1.807, 2.05) is 30.3 Å². The van der Waals surface area contributed by atoms with Crippen LogP contribution in [-0.2, 0) is 16.0 Å². The van der Waals surface area contributed by atoms with Crippen molar-refractivity contribution in [2.45, 2.75) is 26.4 Å². The molecular formula is C20H22N2O6. The monoisotopic (exact) mass is 386 g/mol. The summed E-state index contributed by atoms with van der Waals surface area (Å²) in [7, 11) is 0. The molecule has 8 heteroatoms. The van der Waals surface area contributed by atoms with E-state index < -0.39 is 22.9 Å². The number of nitro groups is 1. The molecule has 148 valence electrons. The van der Waals surface area contributed by atoms with Gasteiger partial charge >= 0.3 is 11.7 Å². The fraction of sp³-hybridized carbons (Fsp3) is 0.300. The number of amides is 1. The van der Waals surface area contributed by atoms with E-state index in [2.05, 4.69) is 5.32 Å². The number of ether oxygens (including phenoxy) is 2. The number of rotatable bonds is 9. The second kappa shape index (κ2) is 10.1. The van der Waals surface area contributed by atoms with Crippen LogP contribution in [0, 0.1) is 10.1 Å². The summed E-state index contributed by atoms with van der Waals surface area (Å²) in [5.74, 6) is -1.20. The summed E-state index contributed by atoms with van der Waals surface area (Å²) in [6.07, 6.45) is -0.382. The summed E-state index contributed by atoms with van der Waals surface area (Å²) in [6, 6.07) is 13.4. The molecule has 2 aromatic carbocycles. The maximum Gasteiger partial charge on any atom is 0.339 e. The minimum absolute atomic E-state index is 0.0286. The van der Waals surface area contributed by atoms with Crippen molar-refractivity contribution < 1.29 is 24.0 Å². The van der Waals surface area contributed by atoms with E-state index in [0.717, 1.165) is 11.6 Å². The Morgan fingerprint density at radius 1 is 1.18 bits per heavy atom. The van der Waals surface area contributed by atoms with Gasteiger partial charge in [-0.25, -0.2) is 4.79 Å². The Kier molecular flexibility index (Phi) is 7.50. The van der Waals surface area contributed by atoms with Gasteiger partial charge in [0.05, 0.1) is 17.1 Å². The summed E-state index contributed by atoms with van der Waals surface area (Å²) in [5.41, 5.74) is 0.712. The maximum absolute atomic E-state index is 12.2. The van der Waals surface area contributed by atoms with Gasteiger partial charge in [-0.3, -0.25) is 14.9 Å². The van der Waals surface area contributed by atoms with Gasteiger partial charge in [0.25, 0.3) is 5.91 Å². The minimum Gasteiger partial charge on any atom is -0.487 e. The third kappa shape index (κ3) is 5.80. The molecule has 0 aliphatic carbocycles. The standard InChI is InChI=1S/C20H22N2O6/c1-3-27-18-10-9-16(13-17(18)22(25)26)20(24)28-14(2)19(23)21-12-11-15-7-5-4-6-8-15/h4-10,13-14H,3,11-12H2,1-2H3,(H,21,23)/t14-/m1/s1. The topological polar surface area (TPSA) is 108 Å². The number of benzene rings is 2. The van der Waals surface area contributed by atoms with Gasteiger partial charge < -0.3 is 14.8 Å². The SMILES string of the molecule is CCOc1ccc(C(=O)O[C@H](C)C(=O)NCCc2ccccc2)cc1[N+](=O)[O-]. The zero-order chi connectivity index (χ0) is 20.5. The quantitative estimate of drug-likeness (QED) is 0.403. The smallest absolute Gasteiger partial charge is 0.339 e. The molecule has 2 rings (SSSR count). The Bertz CT molecular complexity index is 838. The molecule has 0 radical (unpaired) electrons. The van der Waals surface area contributed by atoms with Gasteiger partial charge in [0.2, 0.25) is 0 Å². The van der Waals surface area contributed by atoms with Crippen LogP contribution in [-0.4, -0.2) is 36.1 Å². The van der Waals surface area contributed by atoms with E-state index in [4.69, 9.17) is 9.47 Å². The lowest BCUT2D eigenvalue weighted by atomic mass is 10.1. The van der Waals surface area contributed by atoms with E-state index in [-0.39, 0.29) is 23.6 Å². The Morgan fingerprint density at radius 2 is 1.89 bits per heavy atom. The van der Waals surface area contributed by atoms with Crippen LogP contribution in [0.5, 0.6) is 5.75 Å². The van der Waals surface area contributed by atoms with Crippen LogP contribution >= 0.6 is 0 Å². The molecule has 2 aromatic rings. The maximum atomic E-state index is 12.2. The molecule has 28 heavy (non-hydrogen) atoms. The van der Waals surface area contributed by atoms with Crippen molar-refractivity contribution in [1.82, 2.24) is 5.32 Å². The fourth-order valence-corrected chi connectivity index (χ4v) is 2.47. The van der Waals surface area contributed by atoms with Gasteiger partial charge in [-0.15, -0.1) is 0 Å². The number of carbonyl (C=O) groups excluding carboxylic acids is 2. The van der Waals surface area contributed by atoms with Gasteiger partial charge in [0.1, 0.15) is 0 Å². The number of esters is 1. The highest BCUT2D eigenvalue weighted by Gasteiger charge is 2.22. The summed E-state index contributed by atoms with van der Waals surface area (Å²) in [4.78, 5) is 34.8. The van der Waals surface area contributed by atoms with Gasteiger partial charge in [-0.05, 0) is 38.0 Å². The molecule has 0 unspecified atom stereocenters. The molecule has 1 amide bonds. The summed E-state index contributed by atoms with van der Waals surface area (Å²) < 4.78 is 10.3. The van der Waals surface area contributed by atoms with Crippen molar-refractivity contribution in [3.63, 3.8) is 0 Å². The van der Waals surface area contributed by atoms with Crippen LogP contribution in [0.25, 0.3) is 0 Å². The van der Waals surface area contributed by atoms with Crippen molar-refractivity contribution in [3.05, 3.63) is 69.8 Å². The molecule has 0 heterocycles. The highest BCUT2D eigenvalue weighted by Crippen LogP contribution is 2.28. The molecule has 1 N–H and O–H groups in total. The van der Waals surface area contributed by atoms with Crippen molar-refractivity contribution >= 4 is 17.6 Å². The highest BCUT2D eigenvalue weighted by atomic mass is 16.6. The molecule has 0 spiro atoms. The third-order valence-electron chi connectivity index (χ3n) is 3.90. The lowest BCUT2D eigenvalue weighted by molar-refractivity contribution is -0.385. The predicted molar refractivity (Wildman–Crippen MR) is 102 cm³/mol. The molecule has 0 aliphatic rings. The van der Waals surface area contributed by atoms with Gasteiger partial charge in [-0.2, -0.15) is 0 Å². The van der Waals surface area contributed by atoms with Gasteiger partial charge in [0, 0.05) is 12.6 Å². The van der Waals surface area contributed by atoms with Crippen molar-refractivity contribution in [2.24, 2.45) is 0 Å². The van der Waals surface area contributed by atoms with E-state index in [1.165, 1.54) is 19.1 Å². The minimum atomic E-state index is -1.03. The number of hydrogen-bond acceptors (Lipinski definition) is 6. The Hall–Kier alpha value is -3.42. The highest BCUT2D eigenvalue weighted by molar-refractivity contribution is 5.93. The summed E-state index contributed by atoms with van der Waals surface area (Å²) >= 11 is 0. The summed E-state index contributed by atoms with van der Waals surface area (Å²) in [6.45, 7) is 3.80. The predicted octanol–water partition coefficient (Wildman–Crippen LogP) is 2.90. The van der Waals surface area contributed by atoms with Crippen LogP contribution in [0.15, 0.2) is 48.5 Å². The van der Waals surface area contributed by atoms with E-state index >= 15 is 0 Å². The number of carbonyl (C=O) groups is 2. The van der Waals surface area contributed by atoms with Crippen LogP contribution < -0.4 is 10.1 Å². The number of nitrogens with one attached hydrogen (secondary N) is 1. The third-order valence-corrected chi connectivity index (χ3v) is 3.90. The average molecular weight is 386 g/mol. The summed E-state index contributed by atoms with van der Waals surface area (Å²) in [5, 5.41) is 13.8. The van der Waals surface area contributed by atoms with Crippen molar-refractivity contribution in [1.29, 1.82) is 0 Å². The lowest BCUT2D eigenvalue weighted by Crippen LogP contribution is -2.36. The molecule has 0 saturated carbocycles. The van der Waals surface area contributed by atoms with Crippen LogP contribution in [0.3, 0.4) is 0 Å². The molecule has 1 atom stereocenters. The second-order valence-corrected chi connectivity index (χ2v) is 5.95. The number of nitro benzene ring substituents is 1. The molecule has 0 aliphatic heterocycles. The van der Waals surface area contributed by atoms with E-state index in [1.54, 1.807) is 6.92 Å². The fourth-order valence-electron chi connectivity index (χ4n) is 2.47. The average Bonchev–Trinajstić information content (AvgIpc) is 2.69. The Labute approximate surface area is 162 Å². The van der Waals surface area contributed by atoms with E-state index in [9.17, 15) is 19.7 Å². The molecule has 0 bridgehead atoms. The number of nitrogens with zero attached hydrogens (tertiary/aromatic N) is 1. The molecule has 0 saturated heterocycles. The lowest BCUT2D eigenvalue weighted by Gasteiger charge is -2.14. The molecule has 8 nitrogen and oxygen atoms in total. The van der Waals surface area contributed by atoms with Gasteiger partial charge in [-0.1, -0.05) is 30.3 Å². The number of hydrogen-bond donors (Lipinski definition) is 1. The van der Waals surface area contributed by atoms with Crippen LogP contribution in [0.2, 0.25) is 0 Å². The van der Waals surface area contributed by atoms with E-state index in [0.29, 0.717) is 13.0 Å². The van der Waals surface area contributed by atoms with Crippen molar-refractivity contribution in [2.75, 3.05) is 13.2 Å². The first-order valence-corrected chi connectivity index (χ1v) is 8.86. The van der Waals surface area contributed by atoms with Gasteiger partial charge in [0.15, 0.2) is 11.9 Å². The molecule has 0 aromatic heterocycles. The molecular weight excluding hydrogens is 364 g/mol. The first-order chi connectivity index (χ1) is 13.4. The second-order valence-electron chi connectivity index (χ2n) is 5.95. The normalized spacial score (nSPS) is 11.4.